The normalized spacial score (nSPS) is 21.4. The Balaban J connectivity index is 0.000000582. The van der Waals surface area contributed by atoms with Crippen LogP contribution in [0.4, 0.5) is 5.69 Å². The summed E-state index contributed by atoms with van der Waals surface area (Å²) < 4.78 is 6.63. The fraction of sp³-hybridized carbons (Fsp3) is 0.417. The number of cyclic esters (lactones) is 1. The Morgan fingerprint density at radius 1 is 1.09 bits per heavy atom. The van der Waals surface area contributed by atoms with Crippen molar-refractivity contribution in [1.29, 1.82) is 0 Å². The van der Waals surface area contributed by atoms with Crippen molar-refractivity contribution >= 4 is 17.7 Å². The van der Waals surface area contributed by atoms with E-state index in [1.807, 2.05) is 46.9 Å². The maximum Gasteiger partial charge on any atom is 0.340 e. The van der Waals surface area contributed by atoms with Crippen LogP contribution in [-0.4, -0.2) is 27.8 Å². The molecular formula is C24H29N3O5. The predicted octanol–water partition coefficient (Wildman–Crippen LogP) is 3.29. The van der Waals surface area contributed by atoms with Gasteiger partial charge in [-0.05, 0) is 29.8 Å². The van der Waals surface area contributed by atoms with Crippen LogP contribution in [0.3, 0.4) is 0 Å². The topological polar surface area (TPSA) is 93.0 Å². The van der Waals surface area contributed by atoms with Gasteiger partial charge in [0.2, 0.25) is 0 Å². The number of hydroxylamine groups is 2. The third-order valence-electron chi connectivity index (χ3n) is 5.93. The molecule has 2 unspecified atom stereocenters. The zero-order valence-corrected chi connectivity index (χ0v) is 19.1. The monoisotopic (exact) mass is 439 g/mol. The number of carbonyl (C=O) groups excluding carboxylic acids is 1. The summed E-state index contributed by atoms with van der Waals surface area (Å²) in [5.41, 5.74) is 5.49. The molecule has 2 atom stereocenters. The molecule has 2 N–H and O–H groups in total. The van der Waals surface area contributed by atoms with Crippen LogP contribution in [0.5, 0.6) is 5.75 Å². The SMILES string of the molecule is CC.CC.CN1Cc2c(ccc3c2C=C2Cn4c(cc5c(c4=O)COC(=O)C5O)C2N3)O1. The van der Waals surface area contributed by atoms with Crippen LogP contribution in [0.2, 0.25) is 0 Å². The Morgan fingerprint density at radius 3 is 2.59 bits per heavy atom. The zero-order chi connectivity index (χ0) is 23.2. The van der Waals surface area contributed by atoms with Gasteiger partial charge in [-0.15, -0.1) is 5.06 Å². The van der Waals surface area contributed by atoms with Crippen LogP contribution in [-0.2, 0) is 29.2 Å². The van der Waals surface area contributed by atoms with Crippen molar-refractivity contribution in [3.05, 3.63) is 62.1 Å². The molecule has 6 rings (SSSR count). The van der Waals surface area contributed by atoms with Crippen LogP contribution in [0.15, 0.2) is 28.6 Å². The van der Waals surface area contributed by atoms with E-state index in [9.17, 15) is 14.7 Å². The van der Waals surface area contributed by atoms with Crippen molar-refractivity contribution in [2.45, 2.75) is 59.5 Å². The van der Waals surface area contributed by atoms with Crippen LogP contribution in [0, 0.1) is 0 Å². The third-order valence-corrected chi connectivity index (χ3v) is 5.93. The van der Waals surface area contributed by atoms with Crippen molar-refractivity contribution < 1.29 is 19.5 Å². The lowest BCUT2D eigenvalue weighted by atomic mass is 9.93. The van der Waals surface area contributed by atoms with E-state index in [0.29, 0.717) is 24.2 Å². The molecule has 0 saturated carbocycles. The smallest absolute Gasteiger partial charge is 0.340 e. The largest absolute Gasteiger partial charge is 0.458 e. The van der Waals surface area contributed by atoms with Crippen molar-refractivity contribution in [2.75, 3.05) is 12.4 Å². The molecule has 0 spiro atoms. The number of pyridine rings is 1. The second-order valence-electron chi connectivity index (χ2n) is 7.58. The summed E-state index contributed by atoms with van der Waals surface area (Å²) in [4.78, 5) is 30.4. The molecule has 0 aliphatic carbocycles. The first-order chi connectivity index (χ1) is 15.5. The maximum atomic E-state index is 13.0. The number of benzene rings is 1. The minimum absolute atomic E-state index is 0.0983. The zero-order valence-electron chi connectivity index (χ0n) is 19.1. The molecule has 4 aliphatic heterocycles. The highest BCUT2D eigenvalue weighted by Crippen LogP contribution is 2.45. The molecular weight excluding hydrogens is 410 g/mol. The van der Waals surface area contributed by atoms with E-state index < -0.39 is 12.1 Å². The number of rotatable bonds is 0. The predicted molar refractivity (Wildman–Crippen MR) is 121 cm³/mol. The van der Waals surface area contributed by atoms with Crippen LogP contribution in [0.1, 0.15) is 67.8 Å². The molecule has 1 aromatic heterocycles. The van der Waals surface area contributed by atoms with Crippen LogP contribution < -0.4 is 15.7 Å². The Labute approximate surface area is 187 Å². The van der Waals surface area contributed by atoms with E-state index in [1.54, 1.807) is 15.7 Å². The number of anilines is 1. The van der Waals surface area contributed by atoms with Crippen molar-refractivity contribution in [2.24, 2.45) is 0 Å². The lowest BCUT2D eigenvalue weighted by Crippen LogP contribution is -2.33. The first kappa shape index (κ1) is 22.1. The summed E-state index contributed by atoms with van der Waals surface area (Å²) in [6, 6.07) is 5.51. The summed E-state index contributed by atoms with van der Waals surface area (Å²) >= 11 is 0. The minimum Gasteiger partial charge on any atom is -0.458 e. The van der Waals surface area contributed by atoms with Gasteiger partial charge in [-0.2, -0.15) is 0 Å². The molecule has 170 valence electrons. The van der Waals surface area contributed by atoms with Crippen LogP contribution >= 0.6 is 0 Å². The number of ether oxygens (including phenoxy) is 1. The molecule has 4 aliphatic rings. The first-order valence-electron chi connectivity index (χ1n) is 11.1. The number of hydrogen-bond acceptors (Lipinski definition) is 7. The molecule has 32 heavy (non-hydrogen) atoms. The molecule has 0 radical (unpaired) electrons. The highest BCUT2D eigenvalue weighted by Gasteiger charge is 2.38. The number of aliphatic hydroxyl groups excluding tert-OH is 1. The number of nitrogens with zero attached hydrogens (tertiary/aromatic N) is 2. The third kappa shape index (κ3) is 3.22. The van der Waals surface area contributed by atoms with E-state index in [1.165, 1.54) is 0 Å². The Kier molecular flexibility index (Phi) is 5.83. The highest BCUT2D eigenvalue weighted by atomic mass is 16.7. The number of carbonyl (C=O) groups is 1. The van der Waals surface area contributed by atoms with Crippen LogP contribution in [0.25, 0.3) is 6.08 Å². The molecule has 0 amide bonds. The van der Waals surface area contributed by atoms with Crippen molar-refractivity contribution in [3.8, 4) is 5.75 Å². The number of esters is 1. The van der Waals surface area contributed by atoms with Crippen molar-refractivity contribution in [1.82, 2.24) is 9.63 Å². The van der Waals surface area contributed by atoms with Gasteiger partial charge in [0, 0.05) is 41.7 Å². The van der Waals surface area contributed by atoms with E-state index in [2.05, 4.69) is 11.4 Å². The fourth-order valence-corrected chi connectivity index (χ4v) is 4.58. The van der Waals surface area contributed by atoms with Crippen molar-refractivity contribution in [3.63, 3.8) is 0 Å². The standard InChI is InChI=1S/C20H17N3O5.2C2H6/c1-22-7-12-10-4-9-6-23-15(17(9)21-14(10)2-3-16(12)28-22)5-11-13(19(23)25)8-27-20(26)18(11)24;2*1-2/h2-5,17-18,21,24H,6-8H2,1H3;2*1-2H3. The Bertz CT molecular complexity index is 1170. The number of fused-ring (bicyclic) bond motifs is 7. The average molecular weight is 440 g/mol. The van der Waals surface area contributed by atoms with Gasteiger partial charge in [0.15, 0.2) is 11.9 Å². The Hall–Kier alpha value is -3.10. The maximum absolute atomic E-state index is 13.0. The number of nitrogens with one attached hydrogen (secondary N) is 1. The van der Waals surface area contributed by atoms with Gasteiger partial charge < -0.3 is 24.6 Å². The quantitative estimate of drug-likeness (QED) is 0.609. The van der Waals surface area contributed by atoms with E-state index in [0.717, 1.165) is 33.8 Å². The van der Waals surface area contributed by atoms with Gasteiger partial charge in [-0.1, -0.05) is 27.7 Å². The molecule has 0 bridgehead atoms. The van der Waals surface area contributed by atoms with Gasteiger partial charge in [0.05, 0.1) is 18.2 Å². The molecule has 5 heterocycles. The van der Waals surface area contributed by atoms with Gasteiger partial charge >= 0.3 is 5.97 Å². The molecule has 0 fully saturated rings. The second-order valence-corrected chi connectivity index (χ2v) is 7.58. The lowest BCUT2D eigenvalue weighted by Gasteiger charge is -2.25. The second kappa shape index (κ2) is 8.44. The fourth-order valence-electron chi connectivity index (χ4n) is 4.58. The number of aliphatic hydroxyl groups is 1. The van der Waals surface area contributed by atoms with Gasteiger partial charge in [0.1, 0.15) is 6.61 Å². The molecule has 8 heteroatoms. The first-order valence-corrected chi connectivity index (χ1v) is 11.1. The van der Waals surface area contributed by atoms with Gasteiger partial charge in [-0.25, -0.2) is 4.79 Å². The number of aromatic nitrogens is 1. The lowest BCUT2D eigenvalue weighted by molar-refractivity contribution is -0.157. The van der Waals surface area contributed by atoms with E-state index in [-0.39, 0.29) is 18.2 Å². The summed E-state index contributed by atoms with van der Waals surface area (Å²) in [6.45, 7) is 9.06. The van der Waals surface area contributed by atoms with E-state index >= 15 is 0 Å². The molecule has 2 aromatic rings. The summed E-state index contributed by atoms with van der Waals surface area (Å²) in [7, 11) is 1.89. The van der Waals surface area contributed by atoms with Gasteiger partial charge in [0.25, 0.3) is 5.56 Å². The number of hydrogen-bond donors (Lipinski definition) is 2. The average Bonchev–Trinajstić information content (AvgIpc) is 3.38. The molecule has 8 nitrogen and oxygen atoms in total. The van der Waals surface area contributed by atoms with Gasteiger partial charge in [-0.3, -0.25) is 4.79 Å². The molecule has 1 aromatic carbocycles. The van der Waals surface area contributed by atoms with E-state index in [4.69, 9.17) is 9.57 Å². The Morgan fingerprint density at radius 2 is 1.84 bits per heavy atom. The minimum atomic E-state index is -1.41. The summed E-state index contributed by atoms with van der Waals surface area (Å²) in [5, 5.41) is 15.5. The summed E-state index contributed by atoms with van der Waals surface area (Å²) in [6.07, 6.45) is 0.712. The molecule has 0 saturated heterocycles. The summed E-state index contributed by atoms with van der Waals surface area (Å²) in [5.74, 6) is 0.132. The highest BCUT2D eigenvalue weighted by molar-refractivity contribution is 5.80.